The first-order chi connectivity index (χ1) is 11.7. The Kier molecular flexibility index (Phi) is 7.38. The normalized spacial score (nSPS) is 31.2. The second-order valence-electron chi connectivity index (χ2n) is 8.49. The van der Waals surface area contributed by atoms with Crippen LogP contribution < -0.4 is 0 Å². The van der Waals surface area contributed by atoms with E-state index < -0.39 is 0 Å². The molecule has 3 heterocycles. The third-order valence-corrected chi connectivity index (χ3v) is 6.60. The summed E-state index contributed by atoms with van der Waals surface area (Å²) in [6.07, 6.45) is 9.79. The predicted octanol–water partition coefficient (Wildman–Crippen LogP) is 2.70. The van der Waals surface area contributed by atoms with Crippen molar-refractivity contribution in [2.24, 2.45) is 0 Å². The standard InChI is InChI=1S/C20H40N4/c1-19-8-3-4-12-23(19)14-6-10-21-16-17-22(18-21)11-7-15-24-13-5-9-20(24)2/h19-20H,3-18H2,1-2H3. The van der Waals surface area contributed by atoms with Gasteiger partial charge in [0.2, 0.25) is 0 Å². The average Bonchev–Trinajstić information content (AvgIpc) is 3.19. The van der Waals surface area contributed by atoms with E-state index in [9.17, 15) is 0 Å². The smallest absolute Gasteiger partial charge is 0.0507 e. The molecular formula is C20H40N4. The van der Waals surface area contributed by atoms with Gasteiger partial charge in [-0.15, -0.1) is 0 Å². The zero-order valence-corrected chi connectivity index (χ0v) is 16.3. The minimum Gasteiger partial charge on any atom is -0.301 e. The Hall–Kier alpha value is -0.160. The molecule has 4 nitrogen and oxygen atoms in total. The van der Waals surface area contributed by atoms with Crippen LogP contribution in [0.15, 0.2) is 0 Å². The predicted molar refractivity (Wildman–Crippen MR) is 102 cm³/mol. The Morgan fingerprint density at radius 2 is 1.17 bits per heavy atom. The van der Waals surface area contributed by atoms with E-state index in [1.54, 1.807) is 0 Å². The summed E-state index contributed by atoms with van der Waals surface area (Å²) in [7, 11) is 0. The summed E-state index contributed by atoms with van der Waals surface area (Å²) < 4.78 is 0. The fourth-order valence-electron chi connectivity index (χ4n) is 4.88. The maximum absolute atomic E-state index is 2.72. The minimum atomic E-state index is 0.821. The highest BCUT2D eigenvalue weighted by atomic mass is 15.4. The van der Waals surface area contributed by atoms with Gasteiger partial charge in [0.1, 0.15) is 0 Å². The lowest BCUT2D eigenvalue weighted by Gasteiger charge is -2.33. The van der Waals surface area contributed by atoms with Crippen molar-refractivity contribution in [1.29, 1.82) is 0 Å². The molecular weight excluding hydrogens is 296 g/mol. The number of hydrogen-bond acceptors (Lipinski definition) is 4. The highest BCUT2D eigenvalue weighted by Gasteiger charge is 2.23. The number of nitrogens with zero attached hydrogens (tertiary/aromatic N) is 4. The zero-order valence-electron chi connectivity index (χ0n) is 16.3. The van der Waals surface area contributed by atoms with Crippen molar-refractivity contribution < 1.29 is 0 Å². The largest absolute Gasteiger partial charge is 0.301 e. The highest BCUT2D eigenvalue weighted by Crippen LogP contribution is 2.18. The van der Waals surface area contributed by atoms with E-state index in [4.69, 9.17) is 0 Å². The summed E-state index contributed by atoms with van der Waals surface area (Å²) in [5.74, 6) is 0. The molecule has 0 saturated carbocycles. The average molecular weight is 337 g/mol. The molecule has 0 aromatic rings. The Labute approximate surface area is 150 Å². The molecule has 0 bridgehead atoms. The molecule has 0 spiro atoms. The summed E-state index contributed by atoms with van der Waals surface area (Å²) in [5, 5.41) is 0. The van der Waals surface area contributed by atoms with Crippen molar-refractivity contribution in [2.75, 3.05) is 59.0 Å². The summed E-state index contributed by atoms with van der Waals surface area (Å²) in [4.78, 5) is 10.7. The van der Waals surface area contributed by atoms with E-state index in [2.05, 4.69) is 33.4 Å². The van der Waals surface area contributed by atoms with Crippen LogP contribution in [0.5, 0.6) is 0 Å². The summed E-state index contributed by atoms with van der Waals surface area (Å²) >= 11 is 0. The van der Waals surface area contributed by atoms with E-state index in [1.165, 1.54) is 104 Å². The first-order valence-corrected chi connectivity index (χ1v) is 10.6. The minimum absolute atomic E-state index is 0.821. The second-order valence-corrected chi connectivity index (χ2v) is 8.49. The van der Waals surface area contributed by atoms with Gasteiger partial charge < -0.3 is 9.80 Å². The van der Waals surface area contributed by atoms with E-state index >= 15 is 0 Å². The molecule has 2 atom stereocenters. The molecule has 0 aliphatic carbocycles. The van der Waals surface area contributed by atoms with Gasteiger partial charge in [0.25, 0.3) is 0 Å². The molecule has 24 heavy (non-hydrogen) atoms. The number of piperidine rings is 1. The molecule has 3 aliphatic heterocycles. The van der Waals surface area contributed by atoms with Gasteiger partial charge in [0, 0.05) is 38.3 Å². The third kappa shape index (κ3) is 5.42. The fraction of sp³-hybridized carbons (Fsp3) is 1.00. The molecule has 3 saturated heterocycles. The Bertz CT molecular complexity index is 362. The van der Waals surface area contributed by atoms with Crippen molar-refractivity contribution in [3.63, 3.8) is 0 Å². The Morgan fingerprint density at radius 3 is 1.71 bits per heavy atom. The summed E-state index contributed by atoms with van der Waals surface area (Å²) in [6, 6.07) is 1.65. The molecule has 4 heteroatoms. The van der Waals surface area contributed by atoms with E-state index in [-0.39, 0.29) is 0 Å². The number of hydrogen-bond donors (Lipinski definition) is 0. The molecule has 0 aromatic carbocycles. The van der Waals surface area contributed by atoms with E-state index in [1.807, 2.05) is 0 Å². The van der Waals surface area contributed by atoms with Crippen molar-refractivity contribution in [3.8, 4) is 0 Å². The van der Waals surface area contributed by atoms with Gasteiger partial charge in [-0.1, -0.05) is 6.42 Å². The molecule has 3 fully saturated rings. The van der Waals surface area contributed by atoms with Crippen LogP contribution in [-0.2, 0) is 0 Å². The SMILES string of the molecule is CC1CCCCN1CCCN1CCN(CCCN2CCCC2C)C1. The van der Waals surface area contributed by atoms with Crippen LogP contribution in [0.25, 0.3) is 0 Å². The van der Waals surface area contributed by atoms with Gasteiger partial charge in [-0.05, 0) is 78.6 Å². The van der Waals surface area contributed by atoms with E-state index in [0.717, 1.165) is 12.1 Å². The molecule has 0 N–H and O–H groups in total. The Morgan fingerprint density at radius 1 is 0.625 bits per heavy atom. The molecule has 0 radical (unpaired) electrons. The summed E-state index contributed by atoms with van der Waals surface area (Å²) in [6.45, 7) is 16.5. The molecule has 0 aromatic heterocycles. The topological polar surface area (TPSA) is 13.0 Å². The monoisotopic (exact) mass is 336 g/mol. The first-order valence-electron chi connectivity index (χ1n) is 10.6. The van der Waals surface area contributed by atoms with Gasteiger partial charge >= 0.3 is 0 Å². The molecule has 3 aliphatic rings. The third-order valence-electron chi connectivity index (χ3n) is 6.60. The van der Waals surface area contributed by atoms with Crippen molar-refractivity contribution >= 4 is 0 Å². The highest BCUT2D eigenvalue weighted by molar-refractivity contribution is 4.77. The molecule has 3 rings (SSSR count). The lowest BCUT2D eigenvalue weighted by molar-refractivity contribution is 0.148. The summed E-state index contributed by atoms with van der Waals surface area (Å²) in [5.41, 5.74) is 0. The second kappa shape index (κ2) is 9.51. The van der Waals surface area contributed by atoms with Gasteiger partial charge in [-0.25, -0.2) is 0 Å². The van der Waals surface area contributed by atoms with E-state index in [0.29, 0.717) is 0 Å². The van der Waals surface area contributed by atoms with Crippen molar-refractivity contribution in [1.82, 2.24) is 19.6 Å². The maximum Gasteiger partial charge on any atom is 0.0507 e. The lowest BCUT2D eigenvalue weighted by atomic mass is 10.0. The fourth-order valence-corrected chi connectivity index (χ4v) is 4.88. The van der Waals surface area contributed by atoms with Gasteiger partial charge in [0.15, 0.2) is 0 Å². The van der Waals surface area contributed by atoms with Crippen LogP contribution in [0.1, 0.15) is 58.8 Å². The molecule has 2 unspecified atom stereocenters. The molecule has 140 valence electrons. The van der Waals surface area contributed by atoms with Crippen LogP contribution in [-0.4, -0.2) is 90.7 Å². The van der Waals surface area contributed by atoms with Gasteiger partial charge in [-0.3, -0.25) is 9.80 Å². The quantitative estimate of drug-likeness (QED) is 0.675. The zero-order chi connectivity index (χ0) is 16.8. The van der Waals surface area contributed by atoms with Crippen LogP contribution in [0.4, 0.5) is 0 Å². The first kappa shape index (κ1) is 18.6. The maximum atomic E-state index is 2.72. The van der Waals surface area contributed by atoms with Crippen LogP contribution in [0, 0.1) is 0 Å². The molecule has 0 amide bonds. The van der Waals surface area contributed by atoms with Gasteiger partial charge in [0.05, 0.1) is 6.67 Å². The Balaban J connectivity index is 1.24. The van der Waals surface area contributed by atoms with Crippen molar-refractivity contribution in [3.05, 3.63) is 0 Å². The van der Waals surface area contributed by atoms with Crippen LogP contribution in [0.3, 0.4) is 0 Å². The number of likely N-dealkylation sites (tertiary alicyclic amines) is 2. The van der Waals surface area contributed by atoms with Gasteiger partial charge in [-0.2, -0.15) is 0 Å². The van der Waals surface area contributed by atoms with Crippen LogP contribution >= 0.6 is 0 Å². The van der Waals surface area contributed by atoms with Crippen molar-refractivity contribution in [2.45, 2.75) is 70.9 Å². The lowest BCUT2D eigenvalue weighted by Crippen LogP contribution is -2.39. The van der Waals surface area contributed by atoms with Crippen LogP contribution in [0.2, 0.25) is 0 Å². The number of rotatable bonds is 8.